The molecular formula is C11H16N2OS. The van der Waals surface area contributed by atoms with Crippen molar-refractivity contribution in [3.05, 3.63) is 30.3 Å². The molecule has 15 heavy (non-hydrogen) atoms. The zero-order chi connectivity index (χ0) is 11.1. The molecule has 3 N–H and O–H groups in total. The van der Waals surface area contributed by atoms with Crippen LogP contribution in [0.15, 0.2) is 30.3 Å². The molecule has 0 saturated heterocycles. The van der Waals surface area contributed by atoms with Crippen LogP contribution in [0.2, 0.25) is 0 Å². The van der Waals surface area contributed by atoms with Crippen LogP contribution in [0, 0.1) is 0 Å². The maximum absolute atomic E-state index is 11.6. The van der Waals surface area contributed by atoms with Crippen molar-refractivity contribution >= 4 is 23.4 Å². The first-order valence-corrected chi connectivity index (χ1v) is 5.96. The molecule has 82 valence electrons. The lowest BCUT2D eigenvalue weighted by molar-refractivity contribution is -0.115. The number of rotatable bonds is 5. The lowest BCUT2D eigenvalue weighted by Crippen LogP contribution is -2.23. The molecule has 0 aromatic heterocycles. The zero-order valence-corrected chi connectivity index (χ0v) is 9.59. The molecule has 0 aliphatic rings. The standard InChI is InChI=1S/C11H16N2OS/c1-9(15-8-7-12)11(14)13-10-5-3-2-4-6-10/h2-6,9H,7-8,12H2,1H3,(H,13,14). The predicted molar refractivity (Wildman–Crippen MR) is 66.0 cm³/mol. The Morgan fingerprint density at radius 2 is 2.13 bits per heavy atom. The van der Waals surface area contributed by atoms with E-state index in [1.807, 2.05) is 37.3 Å². The van der Waals surface area contributed by atoms with Crippen molar-refractivity contribution in [3.63, 3.8) is 0 Å². The average molecular weight is 224 g/mol. The number of amides is 1. The van der Waals surface area contributed by atoms with Crippen LogP contribution in [0.1, 0.15) is 6.92 Å². The van der Waals surface area contributed by atoms with E-state index in [1.165, 1.54) is 0 Å². The fraction of sp³-hybridized carbons (Fsp3) is 0.364. The molecule has 0 fully saturated rings. The summed E-state index contributed by atoms with van der Waals surface area (Å²) < 4.78 is 0. The first kappa shape index (κ1) is 12.1. The summed E-state index contributed by atoms with van der Waals surface area (Å²) in [6.07, 6.45) is 0. The summed E-state index contributed by atoms with van der Waals surface area (Å²) in [6, 6.07) is 9.46. The van der Waals surface area contributed by atoms with E-state index in [-0.39, 0.29) is 11.2 Å². The number of hydrogen-bond acceptors (Lipinski definition) is 3. The van der Waals surface area contributed by atoms with E-state index in [0.717, 1.165) is 11.4 Å². The minimum absolute atomic E-state index is 0.0275. The molecule has 4 heteroatoms. The SMILES string of the molecule is CC(SCCN)C(=O)Nc1ccccc1. The van der Waals surface area contributed by atoms with Crippen molar-refractivity contribution in [2.45, 2.75) is 12.2 Å². The Bertz CT molecular complexity index is 303. The Morgan fingerprint density at radius 1 is 1.47 bits per heavy atom. The molecule has 0 saturated carbocycles. The highest BCUT2D eigenvalue weighted by molar-refractivity contribution is 8.00. The quantitative estimate of drug-likeness (QED) is 0.800. The molecular weight excluding hydrogens is 208 g/mol. The van der Waals surface area contributed by atoms with Gasteiger partial charge in [-0.2, -0.15) is 0 Å². The highest BCUT2D eigenvalue weighted by Gasteiger charge is 2.12. The van der Waals surface area contributed by atoms with E-state index in [9.17, 15) is 4.79 Å². The number of nitrogens with one attached hydrogen (secondary N) is 1. The summed E-state index contributed by atoms with van der Waals surface area (Å²) in [5.41, 5.74) is 6.21. The summed E-state index contributed by atoms with van der Waals surface area (Å²) in [5.74, 6) is 0.836. The van der Waals surface area contributed by atoms with Gasteiger partial charge in [0.1, 0.15) is 0 Å². The monoisotopic (exact) mass is 224 g/mol. The maximum Gasteiger partial charge on any atom is 0.237 e. The zero-order valence-electron chi connectivity index (χ0n) is 8.77. The lowest BCUT2D eigenvalue weighted by Gasteiger charge is -2.11. The van der Waals surface area contributed by atoms with Gasteiger partial charge >= 0.3 is 0 Å². The lowest BCUT2D eigenvalue weighted by atomic mass is 10.3. The smallest absolute Gasteiger partial charge is 0.237 e. The van der Waals surface area contributed by atoms with E-state index in [1.54, 1.807) is 11.8 Å². The van der Waals surface area contributed by atoms with Crippen LogP contribution >= 0.6 is 11.8 Å². The van der Waals surface area contributed by atoms with Crippen LogP contribution in [-0.2, 0) is 4.79 Å². The number of anilines is 1. The minimum Gasteiger partial charge on any atom is -0.330 e. The average Bonchev–Trinajstić information content (AvgIpc) is 2.27. The molecule has 1 unspecified atom stereocenters. The molecule has 1 rings (SSSR count). The van der Waals surface area contributed by atoms with Gasteiger partial charge in [0, 0.05) is 18.0 Å². The van der Waals surface area contributed by atoms with Crippen LogP contribution in [0.5, 0.6) is 0 Å². The van der Waals surface area contributed by atoms with Gasteiger partial charge in [0.15, 0.2) is 0 Å². The Morgan fingerprint density at radius 3 is 2.73 bits per heavy atom. The number of hydrogen-bond donors (Lipinski definition) is 2. The number of nitrogens with two attached hydrogens (primary N) is 1. The first-order chi connectivity index (χ1) is 7.24. The van der Waals surface area contributed by atoms with E-state index < -0.39 is 0 Å². The Labute approximate surface area is 94.4 Å². The second kappa shape index (κ2) is 6.48. The van der Waals surface area contributed by atoms with Crippen molar-refractivity contribution in [1.82, 2.24) is 0 Å². The highest BCUT2D eigenvalue weighted by Crippen LogP contribution is 2.12. The summed E-state index contributed by atoms with van der Waals surface area (Å²) in [6.45, 7) is 2.49. The van der Waals surface area contributed by atoms with Gasteiger partial charge < -0.3 is 11.1 Å². The van der Waals surface area contributed by atoms with Crippen molar-refractivity contribution in [2.24, 2.45) is 5.73 Å². The Kier molecular flexibility index (Phi) is 5.21. The number of carbonyl (C=O) groups is 1. The molecule has 0 aliphatic carbocycles. The van der Waals surface area contributed by atoms with Crippen LogP contribution in [-0.4, -0.2) is 23.5 Å². The highest BCUT2D eigenvalue weighted by atomic mass is 32.2. The molecule has 0 radical (unpaired) electrons. The normalized spacial score (nSPS) is 12.1. The largest absolute Gasteiger partial charge is 0.330 e. The van der Waals surface area contributed by atoms with Crippen molar-refractivity contribution in [2.75, 3.05) is 17.6 Å². The van der Waals surface area contributed by atoms with Gasteiger partial charge in [-0.3, -0.25) is 4.79 Å². The topological polar surface area (TPSA) is 55.1 Å². The number of carbonyl (C=O) groups excluding carboxylic acids is 1. The van der Waals surface area contributed by atoms with Crippen LogP contribution in [0.25, 0.3) is 0 Å². The van der Waals surface area contributed by atoms with Gasteiger partial charge in [0.2, 0.25) is 5.91 Å². The molecule has 1 amide bonds. The fourth-order valence-corrected chi connectivity index (χ4v) is 1.79. The second-order valence-corrected chi connectivity index (χ2v) is 4.61. The number of benzene rings is 1. The molecule has 1 atom stereocenters. The molecule has 1 aromatic rings. The summed E-state index contributed by atoms with van der Waals surface area (Å²) in [7, 11) is 0. The van der Waals surface area contributed by atoms with Gasteiger partial charge in [-0.25, -0.2) is 0 Å². The van der Waals surface area contributed by atoms with Gasteiger partial charge in [-0.1, -0.05) is 18.2 Å². The molecule has 0 bridgehead atoms. The third kappa shape index (κ3) is 4.36. The van der Waals surface area contributed by atoms with E-state index in [0.29, 0.717) is 6.54 Å². The van der Waals surface area contributed by atoms with Crippen LogP contribution in [0.4, 0.5) is 5.69 Å². The fourth-order valence-electron chi connectivity index (χ4n) is 1.09. The Hall–Kier alpha value is -1.00. The summed E-state index contributed by atoms with van der Waals surface area (Å²) in [4.78, 5) is 11.6. The molecule has 0 spiro atoms. The van der Waals surface area contributed by atoms with Crippen molar-refractivity contribution in [3.8, 4) is 0 Å². The molecule has 0 aliphatic heterocycles. The van der Waals surface area contributed by atoms with Gasteiger partial charge in [0.25, 0.3) is 0 Å². The van der Waals surface area contributed by atoms with Crippen molar-refractivity contribution in [1.29, 1.82) is 0 Å². The first-order valence-electron chi connectivity index (χ1n) is 4.91. The predicted octanol–water partition coefficient (Wildman–Crippen LogP) is 1.71. The Balaban J connectivity index is 2.42. The third-order valence-electron chi connectivity index (χ3n) is 1.90. The van der Waals surface area contributed by atoms with Crippen LogP contribution < -0.4 is 11.1 Å². The minimum atomic E-state index is -0.0613. The van der Waals surface area contributed by atoms with Gasteiger partial charge in [-0.15, -0.1) is 11.8 Å². The number of thioether (sulfide) groups is 1. The number of para-hydroxylation sites is 1. The van der Waals surface area contributed by atoms with Crippen LogP contribution in [0.3, 0.4) is 0 Å². The summed E-state index contributed by atoms with van der Waals surface area (Å²) >= 11 is 1.57. The molecule has 1 aromatic carbocycles. The third-order valence-corrected chi connectivity index (χ3v) is 3.08. The van der Waals surface area contributed by atoms with E-state index >= 15 is 0 Å². The van der Waals surface area contributed by atoms with E-state index in [4.69, 9.17) is 5.73 Å². The maximum atomic E-state index is 11.6. The van der Waals surface area contributed by atoms with Gasteiger partial charge in [-0.05, 0) is 19.1 Å². The molecule has 3 nitrogen and oxygen atoms in total. The van der Waals surface area contributed by atoms with Gasteiger partial charge in [0.05, 0.1) is 5.25 Å². The summed E-state index contributed by atoms with van der Waals surface area (Å²) in [5, 5.41) is 2.79. The van der Waals surface area contributed by atoms with E-state index in [2.05, 4.69) is 5.32 Å². The second-order valence-electron chi connectivity index (χ2n) is 3.16. The van der Waals surface area contributed by atoms with Crippen molar-refractivity contribution < 1.29 is 4.79 Å². The molecule has 0 heterocycles.